The first-order valence-corrected chi connectivity index (χ1v) is 9.49. The molecule has 0 bridgehead atoms. The van der Waals surface area contributed by atoms with Crippen molar-refractivity contribution in [2.24, 2.45) is 5.10 Å². The lowest BCUT2D eigenvalue weighted by Crippen LogP contribution is -2.17. The van der Waals surface area contributed by atoms with Crippen LogP contribution in [-0.2, 0) is 0 Å². The molecule has 4 rings (SSSR count). The average Bonchev–Trinajstić information content (AvgIpc) is 3.25. The van der Waals surface area contributed by atoms with E-state index in [-0.39, 0.29) is 5.91 Å². The molecular formula is C19H13BrN4OS. The Kier molecular flexibility index (Phi) is 4.64. The number of thiazole rings is 1. The molecule has 2 heterocycles. The Morgan fingerprint density at radius 2 is 1.92 bits per heavy atom. The smallest absolute Gasteiger partial charge is 0.271 e. The summed E-state index contributed by atoms with van der Waals surface area (Å²) in [4.78, 5) is 17.7. The SMILES string of the molecule is O=C(N/N=C\c1c(-c2ccc(Br)cc2)nc2sccn12)c1ccccc1. The molecule has 0 unspecified atom stereocenters. The van der Waals surface area contributed by atoms with Gasteiger partial charge in [0, 0.05) is 27.2 Å². The van der Waals surface area contributed by atoms with Crippen LogP contribution in [0.1, 0.15) is 16.1 Å². The van der Waals surface area contributed by atoms with Crippen LogP contribution in [0.15, 0.2) is 75.7 Å². The summed E-state index contributed by atoms with van der Waals surface area (Å²) in [5.74, 6) is -0.252. The zero-order valence-electron chi connectivity index (χ0n) is 13.5. The van der Waals surface area contributed by atoms with Crippen LogP contribution in [-0.4, -0.2) is 21.5 Å². The van der Waals surface area contributed by atoms with Gasteiger partial charge in [-0.2, -0.15) is 5.10 Å². The van der Waals surface area contributed by atoms with Crippen LogP contribution < -0.4 is 5.43 Å². The number of imidazole rings is 1. The number of nitrogens with one attached hydrogen (secondary N) is 1. The summed E-state index contributed by atoms with van der Waals surface area (Å²) in [5, 5.41) is 6.10. The summed E-state index contributed by atoms with van der Waals surface area (Å²) in [7, 11) is 0. The highest BCUT2D eigenvalue weighted by Crippen LogP contribution is 2.26. The molecular weight excluding hydrogens is 412 g/mol. The van der Waals surface area contributed by atoms with E-state index < -0.39 is 0 Å². The van der Waals surface area contributed by atoms with E-state index in [2.05, 4.69) is 26.5 Å². The van der Waals surface area contributed by atoms with Crippen LogP contribution in [0.2, 0.25) is 0 Å². The van der Waals surface area contributed by atoms with Gasteiger partial charge in [-0.25, -0.2) is 10.4 Å². The van der Waals surface area contributed by atoms with Gasteiger partial charge in [0.2, 0.25) is 0 Å². The lowest BCUT2D eigenvalue weighted by molar-refractivity contribution is 0.0955. The van der Waals surface area contributed by atoms with Crippen LogP contribution in [0.3, 0.4) is 0 Å². The summed E-state index contributed by atoms with van der Waals surface area (Å²) < 4.78 is 2.97. The number of hydrazone groups is 1. The Balaban J connectivity index is 1.65. The number of fused-ring (bicyclic) bond motifs is 1. The molecule has 2 aromatic carbocycles. The molecule has 0 aliphatic heterocycles. The predicted molar refractivity (Wildman–Crippen MR) is 108 cm³/mol. The third kappa shape index (κ3) is 3.31. The maximum atomic E-state index is 12.1. The lowest BCUT2D eigenvalue weighted by Gasteiger charge is -2.01. The van der Waals surface area contributed by atoms with Crippen molar-refractivity contribution in [3.63, 3.8) is 0 Å². The molecule has 26 heavy (non-hydrogen) atoms. The van der Waals surface area contributed by atoms with Gasteiger partial charge in [-0.15, -0.1) is 11.3 Å². The fourth-order valence-electron chi connectivity index (χ4n) is 2.55. The second-order valence-corrected chi connectivity index (χ2v) is 7.26. The van der Waals surface area contributed by atoms with Crippen molar-refractivity contribution in [2.45, 2.75) is 0 Å². The van der Waals surface area contributed by atoms with E-state index in [4.69, 9.17) is 4.98 Å². The van der Waals surface area contributed by atoms with E-state index >= 15 is 0 Å². The number of nitrogens with zero attached hydrogens (tertiary/aromatic N) is 3. The minimum atomic E-state index is -0.252. The standard InChI is InChI=1S/C19H13BrN4OS/c20-15-8-6-13(7-9-15)17-16(24-10-11-26-19(24)22-17)12-21-23-18(25)14-4-2-1-3-5-14/h1-12H,(H,23,25)/b21-12-. The number of hydrogen-bond donors (Lipinski definition) is 1. The summed E-state index contributed by atoms with van der Waals surface area (Å²) in [6, 6.07) is 16.9. The third-order valence-corrected chi connectivity index (χ3v) is 5.09. The summed E-state index contributed by atoms with van der Waals surface area (Å²) in [5.41, 5.74) is 5.75. The minimum absolute atomic E-state index is 0.252. The van der Waals surface area contributed by atoms with Crippen molar-refractivity contribution in [3.8, 4) is 11.3 Å². The Morgan fingerprint density at radius 3 is 2.69 bits per heavy atom. The number of amides is 1. The highest BCUT2D eigenvalue weighted by molar-refractivity contribution is 9.10. The lowest BCUT2D eigenvalue weighted by atomic mass is 10.1. The Morgan fingerprint density at radius 1 is 1.15 bits per heavy atom. The third-order valence-electron chi connectivity index (χ3n) is 3.81. The van der Waals surface area contributed by atoms with E-state index in [1.807, 2.05) is 58.4 Å². The molecule has 128 valence electrons. The average molecular weight is 425 g/mol. The number of hydrogen-bond acceptors (Lipinski definition) is 4. The topological polar surface area (TPSA) is 58.8 Å². The van der Waals surface area contributed by atoms with Crippen LogP contribution in [0.25, 0.3) is 16.2 Å². The fourth-order valence-corrected chi connectivity index (χ4v) is 3.54. The highest BCUT2D eigenvalue weighted by Gasteiger charge is 2.13. The number of carbonyl (C=O) groups is 1. The fraction of sp³-hybridized carbons (Fsp3) is 0. The zero-order chi connectivity index (χ0) is 17.9. The van der Waals surface area contributed by atoms with Crippen molar-refractivity contribution in [1.82, 2.24) is 14.8 Å². The molecule has 5 nitrogen and oxygen atoms in total. The minimum Gasteiger partial charge on any atom is -0.289 e. The second-order valence-electron chi connectivity index (χ2n) is 5.47. The molecule has 1 N–H and O–H groups in total. The van der Waals surface area contributed by atoms with Crippen molar-refractivity contribution in [2.75, 3.05) is 0 Å². The molecule has 0 fully saturated rings. The first kappa shape index (κ1) is 16.7. The van der Waals surface area contributed by atoms with Gasteiger partial charge < -0.3 is 0 Å². The van der Waals surface area contributed by atoms with Gasteiger partial charge in [-0.3, -0.25) is 9.20 Å². The molecule has 0 saturated heterocycles. The first-order valence-electron chi connectivity index (χ1n) is 7.82. The molecule has 1 amide bonds. The zero-order valence-corrected chi connectivity index (χ0v) is 15.9. The van der Waals surface area contributed by atoms with Crippen LogP contribution in [0.5, 0.6) is 0 Å². The number of aromatic nitrogens is 2. The summed E-state index contributed by atoms with van der Waals surface area (Å²) >= 11 is 5.00. The Labute approximate surface area is 162 Å². The van der Waals surface area contributed by atoms with Crippen molar-refractivity contribution < 1.29 is 4.79 Å². The number of carbonyl (C=O) groups excluding carboxylic acids is 1. The summed E-state index contributed by atoms with van der Waals surface area (Å²) in [6.45, 7) is 0. The monoisotopic (exact) mass is 424 g/mol. The van der Waals surface area contributed by atoms with Crippen LogP contribution >= 0.6 is 27.3 Å². The van der Waals surface area contributed by atoms with Crippen molar-refractivity contribution >= 4 is 44.3 Å². The Hall–Kier alpha value is -2.77. The number of rotatable bonds is 4. The molecule has 2 aromatic heterocycles. The van der Waals surface area contributed by atoms with Crippen LogP contribution in [0.4, 0.5) is 0 Å². The Bertz CT molecular complexity index is 1080. The normalized spacial score (nSPS) is 11.3. The van der Waals surface area contributed by atoms with Gasteiger partial charge in [0.15, 0.2) is 4.96 Å². The summed E-state index contributed by atoms with van der Waals surface area (Å²) in [6.07, 6.45) is 3.57. The molecule has 7 heteroatoms. The molecule has 0 saturated carbocycles. The largest absolute Gasteiger partial charge is 0.289 e. The van der Waals surface area contributed by atoms with Gasteiger partial charge in [-0.05, 0) is 24.3 Å². The maximum Gasteiger partial charge on any atom is 0.271 e. The molecule has 0 aliphatic rings. The van der Waals surface area contributed by atoms with E-state index in [1.165, 1.54) is 0 Å². The van der Waals surface area contributed by atoms with Crippen LogP contribution in [0, 0.1) is 0 Å². The first-order chi connectivity index (χ1) is 12.7. The quantitative estimate of drug-likeness (QED) is 0.384. The molecule has 0 spiro atoms. The maximum absolute atomic E-state index is 12.1. The van der Waals surface area contributed by atoms with E-state index in [1.54, 1.807) is 29.7 Å². The van der Waals surface area contributed by atoms with Gasteiger partial charge in [0.1, 0.15) is 0 Å². The van der Waals surface area contributed by atoms with E-state index in [0.29, 0.717) is 5.56 Å². The van der Waals surface area contributed by atoms with Gasteiger partial charge in [0.25, 0.3) is 5.91 Å². The van der Waals surface area contributed by atoms with Crippen molar-refractivity contribution in [3.05, 3.63) is 81.9 Å². The molecule has 0 aliphatic carbocycles. The molecule has 0 atom stereocenters. The highest BCUT2D eigenvalue weighted by atomic mass is 79.9. The van der Waals surface area contributed by atoms with Crippen molar-refractivity contribution in [1.29, 1.82) is 0 Å². The second kappa shape index (κ2) is 7.23. The van der Waals surface area contributed by atoms with Gasteiger partial charge >= 0.3 is 0 Å². The number of halogens is 1. The van der Waals surface area contributed by atoms with Gasteiger partial charge in [-0.1, -0.05) is 46.3 Å². The molecule has 4 aromatic rings. The predicted octanol–water partition coefficient (Wildman–Crippen LogP) is 4.59. The van der Waals surface area contributed by atoms with Gasteiger partial charge in [0.05, 0.1) is 17.6 Å². The van der Waals surface area contributed by atoms with E-state index in [9.17, 15) is 4.79 Å². The number of benzene rings is 2. The van der Waals surface area contributed by atoms with E-state index in [0.717, 1.165) is 26.4 Å². The molecule has 0 radical (unpaired) electrons.